The van der Waals surface area contributed by atoms with Gasteiger partial charge in [-0.2, -0.15) is 14.0 Å². The normalized spacial score (nSPS) is 9.50. The van der Waals surface area contributed by atoms with Gasteiger partial charge in [0.1, 0.15) is 5.75 Å². The van der Waals surface area contributed by atoms with Crippen LogP contribution < -0.4 is 4.74 Å². The lowest BCUT2D eigenvalue weighted by molar-refractivity contribution is -0.0498. The van der Waals surface area contributed by atoms with Crippen LogP contribution in [0.2, 0.25) is 0 Å². The largest absolute Gasteiger partial charge is 0.435 e. The van der Waals surface area contributed by atoms with Gasteiger partial charge in [-0.3, -0.25) is 0 Å². The lowest BCUT2D eigenvalue weighted by Crippen LogP contribution is -2.01. The molecule has 0 saturated carbocycles. The Balaban J connectivity index is 2.73. The maximum Gasteiger partial charge on any atom is 0.387 e. The topological polar surface area (TPSA) is 33.0 Å². The monoisotopic (exact) mass is 169 g/mol. The van der Waals surface area contributed by atoms with E-state index in [0.717, 1.165) is 0 Å². The number of hydrogen-bond acceptors (Lipinski definition) is 2. The molecule has 0 aliphatic heterocycles. The average Bonchev–Trinajstić information content (AvgIpc) is 2.05. The molecule has 0 amide bonds. The lowest BCUT2D eigenvalue weighted by atomic mass is 10.2. The summed E-state index contributed by atoms with van der Waals surface area (Å²) >= 11 is 0. The smallest absolute Gasteiger partial charge is 0.387 e. The van der Waals surface area contributed by atoms with Crippen molar-refractivity contribution in [2.75, 3.05) is 0 Å². The van der Waals surface area contributed by atoms with Crippen molar-refractivity contribution < 1.29 is 13.5 Å². The molecule has 62 valence electrons. The Morgan fingerprint density at radius 1 is 1.25 bits per heavy atom. The number of hydrogen-bond donors (Lipinski definition) is 0. The average molecular weight is 169 g/mol. The van der Waals surface area contributed by atoms with Crippen LogP contribution in [-0.2, 0) is 0 Å². The molecule has 0 spiro atoms. The predicted octanol–water partition coefficient (Wildman–Crippen LogP) is 2.16. The maximum atomic E-state index is 11.6. The van der Waals surface area contributed by atoms with Crippen LogP contribution in [-0.4, -0.2) is 6.61 Å². The first-order chi connectivity index (χ1) is 5.72. The molecule has 1 aromatic carbocycles. The molecule has 0 heterocycles. The molecule has 0 unspecified atom stereocenters. The minimum atomic E-state index is -2.82. The summed E-state index contributed by atoms with van der Waals surface area (Å²) in [6, 6.07) is 7.34. The molecule has 0 saturated heterocycles. The Labute approximate surface area is 68.0 Å². The van der Waals surface area contributed by atoms with Gasteiger partial charge in [0.15, 0.2) is 0 Å². The predicted molar refractivity (Wildman–Crippen MR) is 37.8 cm³/mol. The summed E-state index contributed by atoms with van der Waals surface area (Å²) in [7, 11) is 0. The zero-order chi connectivity index (χ0) is 8.97. The maximum absolute atomic E-state index is 11.6. The number of alkyl halides is 2. The second-order valence-electron chi connectivity index (χ2n) is 2.01. The van der Waals surface area contributed by atoms with E-state index in [1.165, 1.54) is 24.3 Å². The van der Waals surface area contributed by atoms with Crippen molar-refractivity contribution in [3.8, 4) is 11.8 Å². The fraction of sp³-hybridized carbons (Fsp3) is 0.125. The van der Waals surface area contributed by atoms with Crippen molar-refractivity contribution in [3.05, 3.63) is 29.8 Å². The Morgan fingerprint density at radius 2 is 1.83 bits per heavy atom. The Morgan fingerprint density at radius 3 is 2.25 bits per heavy atom. The van der Waals surface area contributed by atoms with Gasteiger partial charge in [0, 0.05) is 0 Å². The first kappa shape index (κ1) is 8.47. The van der Waals surface area contributed by atoms with Gasteiger partial charge in [-0.25, -0.2) is 0 Å². The molecule has 1 rings (SSSR count). The van der Waals surface area contributed by atoms with E-state index in [2.05, 4.69) is 4.74 Å². The number of halogens is 2. The van der Waals surface area contributed by atoms with Gasteiger partial charge < -0.3 is 4.74 Å². The molecule has 0 aromatic heterocycles. The van der Waals surface area contributed by atoms with Crippen molar-refractivity contribution in [2.45, 2.75) is 6.61 Å². The summed E-state index contributed by atoms with van der Waals surface area (Å²) < 4.78 is 27.3. The van der Waals surface area contributed by atoms with Crippen molar-refractivity contribution in [1.29, 1.82) is 5.26 Å². The van der Waals surface area contributed by atoms with Crippen LogP contribution in [0.4, 0.5) is 8.78 Å². The van der Waals surface area contributed by atoms with Crippen molar-refractivity contribution in [2.24, 2.45) is 0 Å². The van der Waals surface area contributed by atoms with E-state index < -0.39 is 6.61 Å². The van der Waals surface area contributed by atoms with E-state index in [1.807, 2.05) is 6.07 Å². The van der Waals surface area contributed by atoms with Gasteiger partial charge in [-0.1, -0.05) is 0 Å². The van der Waals surface area contributed by atoms with Gasteiger partial charge in [-0.15, -0.1) is 0 Å². The van der Waals surface area contributed by atoms with Crippen LogP contribution in [0.15, 0.2) is 24.3 Å². The molecule has 0 fully saturated rings. The summed E-state index contributed by atoms with van der Waals surface area (Å²) in [4.78, 5) is 0. The van der Waals surface area contributed by atoms with Crippen molar-refractivity contribution in [1.82, 2.24) is 0 Å². The highest BCUT2D eigenvalue weighted by atomic mass is 19.3. The second-order valence-corrected chi connectivity index (χ2v) is 2.01. The van der Waals surface area contributed by atoms with Crippen molar-refractivity contribution >= 4 is 0 Å². The van der Waals surface area contributed by atoms with Crippen LogP contribution in [0, 0.1) is 11.3 Å². The quantitative estimate of drug-likeness (QED) is 0.679. The van der Waals surface area contributed by atoms with Crippen LogP contribution >= 0.6 is 0 Å². The summed E-state index contributed by atoms with van der Waals surface area (Å²) in [5.74, 6) is 0.0593. The molecule has 0 aliphatic carbocycles. The number of nitrogens with zero attached hydrogens (tertiary/aromatic N) is 1. The minimum Gasteiger partial charge on any atom is -0.435 e. The summed E-state index contributed by atoms with van der Waals surface area (Å²) in [5, 5.41) is 8.37. The van der Waals surface area contributed by atoms with Gasteiger partial charge >= 0.3 is 6.61 Å². The fourth-order valence-corrected chi connectivity index (χ4v) is 0.711. The SMILES string of the molecule is N#Cc1ccc(OC(F)F)cc1. The molecular formula is C8H5F2NO. The highest BCUT2D eigenvalue weighted by molar-refractivity contribution is 5.34. The number of benzene rings is 1. The van der Waals surface area contributed by atoms with Gasteiger partial charge in [0.25, 0.3) is 0 Å². The van der Waals surface area contributed by atoms with E-state index in [0.29, 0.717) is 5.56 Å². The molecule has 12 heavy (non-hydrogen) atoms. The molecule has 1 aromatic rings. The third kappa shape index (κ3) is 2.20. The molecule has 0 radical (unpaired) electrons. The fourth-order valence-electron chi connectivity index (χ4n) is 0.711. The van der Waals surface area contributed by atoms with E-state index in [9.17, 15) is 8.78 Å². The standard InChI is InChI=1S/C8H5F2NO/c9-8(10)12-7-3-1-6(5-11)2-4-7/h1-4,8H. The highest BCUT2D eigenvalue weighted by Gasteiger charge is 2.02. The molecule has 0 atom stereocenters. The number of nitriles is 1. The van der Waals surface area contributed by atoms with Gasteiger partial charge in [-0.05, 0) is 24.3 Å². The molecule has 2 nitrogen and oxygen atoms in total. The highest BCUT2D eigenvalue weighted by Crippen LogP contribution is 2.13. The van der Waals surface area contributed by atoms with Gasteiger partial charge in [0.2, 0.25) is 0 Å². The van der Waals surface area contributed by atoms with Crippen LogP contribution in [0.1, 0.15) is 5.56 Å². The first-order valence-electron chi connectivity index (χ1n) is 3.17. The van der Waals surface area contributed by atoms with E-state index in [-0.39, 0.29) is 5.75 Å². The van der Waals surface area contributed by atoms with Crippen LogP contribution in [0.3, 0.4) is 0 Å². The van der Waals surface area contributed by atoms with E-state index >= 15 is 0 Å². The summed E-state index contributed by atoms with van der Waals surface area (Å²) in [6.07, 6.45) is 0. The molecule has 0 aliphatic rings. The Hall–Kier alpha value is -1.63. The molecule has 0 N–H and O–H groups in total. The van der Waals surface area contributed by atoms with E-state index in [4.69, 9.17) is 5.26 Å². The molecule has 4 heteroatoms. The van der Waals surface area contributed by atoms with Gasteiger partial charge in [0.05, 0.1) is 11.6 Å². The number of ether oxygens (including phenoxy) is 1. The zero-order valence-electron chi connectivity index (χ0n) is 6.00. The molecule has 0 bridgehead atoms. The zero-order valence-corrected chi connectivity index (χ0v) is 6.00. The van der Waals surface area contributed by atoms with E-state index in [1.54, 1.807) is 0 Å². The number of rotatable bonds is 2. The Kier molecular flexibility index (Phi) is 2.59. The lowest BCUT2D eigenvalue weighted by Gasteiger charge is -2.02. The summed E-state index contributed by atoms with van der Waals surface area (Å²) in [5.41, 5.74) is 0.414. The van der Waals surface area contributed by atoms with Crippen LogP contribution in [0.25, 0.3) is 0 Å². The third-order valence-corrected chi connectivity index (χ3v) is 1.21. The third-order valence-electron chi connectivity index (χ3n) is 1.21. The molecular weight excluding hydrogens is 164 g/mol. The van der Waals surface area contributed by atoms with Crippen molar-refractivity contribution in [3.63, 3.8) is 0 Å². The van der Waals surface area contributed by atoms with Crippen LogP contribution in [0.5, 0.6) is 5.75 Å². The minimum absolute atomic E-state index is 0.0593. The Bertz CT molecular complexity index is 289. The second kappa shape index (κ2) is 3.67. The first-order valence-corrected chi connectivity index (χ1v) is 3.17. The summed E-state index contributed by atoms with van der Waals surface area (Å²) in [6.45, 7) is -2.82.